The fourth-order valence-corrected chi connectivity index (χ4v) is 19.0. The summed E-state index contributed by atoms with van der Waals surface area (Å²) in [7, 11) is 1.35. The summed E-state index contributed by atoms with van der Waals surface area (Å²) in [6.45, 7) is -1.57. The zero-order valence-electron chi connectivity index (χ0n) is 83.1. The summed E-state index contributed by atoms with van der Waals surface area (Å²) in [5, 5.41) is 112. The lowest BCUT2D eigenvalue weighted by atomic mass is 10.00. The molecule has 4 aromatic carbocycles. The molecule has 0 aliphatic carbocycles. The highest BCUT2D eigenvalue weighted by Crippen LogP contribution is 2.27. The predicted molar refractivity (Wildman–Crippen MR) is 556 cm³/mol. The Kier molecular flexibility index (Phi) is 52.5. The van der Waals surface area contributed by atoms with Gasteiger partial charge in [-0.15, -0.1) is 0 Å². The molecule has 1 aromatic heterocycles. The Morgan fingerprint density at radius 2 is 0.933 bits per heavy atom. The number of thioether (sulfide) groups is 1. The molecule has 17 amide bonds. The van der Waals surface area contributed by atoms with E-state index in [1.807, 2.05) is 0 Å². The molecule has 0 bridgehead atoms. The van der Waals surface area contributed by atoms with Crippen LogP contribution >= 0.6 is 33.3 Å². The SMILES string of the molecule is CSCCC(NC(=O)C(CCCNC(=N)N)NC(=O)C(N)CC(=O)O)C(=O)N1CCCC1C(=O)NC1CSSCC(C(=O)NC(CCCCN)C(=O)O)NC(=O)C(CO)NC(=O)C(CO)NC(=O)C(Cc2ccccc2)NC(=O)C(C(C)O)NC(=O)C(CCCCN)NC(=O)C(Cc2c[nH]c3ccccc23)NC(=O)C(Cc2ccccc2)NC(=O)C(Cc2ccccc2)NC(=O)C(CC(N)=O)NC(=O)C(CCCNC(=N)N)NC1=O. The molecule has 18 atom stereocenters. The molecule has 51 nitrogen and oxygen atoms in total. The number of aliphatic hydroxyl groups excluding tert-OH is 3. The molecule has 150 heavy (non-hydrogen) atoms. The van der Waals surface area contributed by atoms with Crippen molar-refractivity contribution in [1.82, 2.24) is 100 Å². The van der Waals surface area contributed by atoms with Crippen LogP contribution < -0.4 is 125 Å². The van der Waals surface area contributed by atoms with Crippen LogP contribution in [0.5, 0.6) is 0 Å². The van der Waals surface area contributed by atoms with Gasteiger partial charge in [0.05, 0.1) is 38.2 Å². The summed E-state index contributed by atoms with van der Waals surface area (Å²) >= 11 is 1.26. The van der Waals surface area contributed by atoms with Crippen LogP contribution in [0.15, 0.2) is 121 Å². The fourth-order valence-electron chi connectivity index (χ4n) is 16.2. The van der Waals surface area contributed by atoms with Gasteiger partial charge in [-0.2, -0.15) is 11.8 Å². The lowest BCUT2D eigenvalue weighted by Gasteiger charge is -2.31. The van der Waals surface area contributed by atoms with Gasteiger partial charge in [-0.1, -0.05) is 131 Å². The number of nitrogens with zero attached hydrogens (tertiary/aromatic N) is 1. The van der Waals surface area contributed by atoms with E-state index in [4.69, 9.17) is 45.2 Å². The van der Waals surface area contributed by atoms with Crippen molar-refractivity contribution in [2.75, 3.05) is 69.5 Å². The summed E-state index contributed by atoms with van der Waals surface area (Å²) in [6, 6.07) is 0.895. The number of hydrogen-bond acceptors (Lipinski definition) is 30. The molecule has 0 spiro atoms. The van der Waals surface area contributed by atoms with Crippen molar-refractivity contribution in [1.29, 1.82) is 10.8 Å². The zero-order chi connectivity index (χ0) is 110. The Balaban J connectivity index is 1.38. The molecular weight excluding hydrogens is 2010 g/mol. The lowest BCUT2D eigenvalue weighted by Crippen LogP contribution is -2.63. The number of aromatic amines is 1. The number of unbranched alkanes of at least 4 members (excludes halogenated alkanes) is 2. The summed E-state index contributed by atoms with van der Waals surface area (Å²) < 4.78 is 0. The quantitative estimate of drug-likeness (QED) is 0.00746. The van der Waals surface area contributed by atoms with E-state index in [0.29, 0.717) is 54.7 Å². The molecule has 3 heterocycles. The number of aliphatic hydroxyl groups is 3. The average Bonchev–Trinajstić information content (AvgIpc) is 1.66. The number of benzene rings is 4. The van der Waals surface area contributed by atoms with Gasteiger partial charge in [0.25, 0.3) is 0 Å². The van der Waals surface area contributed by atoms with Crippen molar-refractivity contribution < 1.29 is 117 Å². The number of carbonyl (C=O) groups excluding carboxylic acids is 17. The first-order valence-electron chi connectivity index (χ1n) is 48.9. The molecule has 820 valence electrons. The number of carboxylic acids is 2. The maximum atomic E-state index is 15.6. The maximum absolute atomic E-state index is 15.6. The topological polar surface area (TPSA) is 853 Å². The largest absolute Gasteiger partial charge is 0.481 e. The van der Waals surface area contributed by atoms with Crippen molar-refractivity contribution in [3.63, 3.8) is 0 Å². The van der Waals surface area contributed by atoms with Crippen molar-refractivity contribution in [3.8, 4) is 0 Å². The van der Waals surface area contributed by atoms with Crippen molar-refractivity contribution in [2.45, 2.75) is 238 Å². The number of carboxylic acid groups (broad SMARTS) is 2. The molecule has 7 rings (SSSR count). The molecular formula is C96H139N27O24S3. The second kappa shape index (κ2) is 64.2. The third kappa shape index (κ3) is 41.3. The number of H-pyrrole nitrogens is 1. The number of guanidine groups is 2. The van der Waals surface area contributed by atoms with E-state index in [1.54, 1.807) is 128 Å². The molecule has 2 aliphatic heterocycles. The predicted octanol–water partition coefficient (Wildman–Crippen LogP) is -7.24. The number of aliphatic carboxylic acids is 2. The maximum Gasteiger partial charge on any atom is 0.326 e. The van der Waals surface area contributed by atoms with E-state index in [-0.39, 0.29) is 135 Å². The van der Waals surface area contributed by atoms with E-state index in [1.165, 1.54) is 11.8 Å². The number of para-hydroxylation sites is 1. The number of likely N-dealkylation sites (tertiary alicyclic amines) is 1. The van der Waals surface area contributed by atoms with Gasteiger partial charge in [0.15, 0.2) is 11.9 Å². The van der Waals surface area contributed by atoms with E-state index in [0.717, 1.165) is 11.8 Å². The van der Waals surface area contributed by atoms with Gasteiger partial charge in [0, 0.05) is 73.9 Å². The average molecular weight is 2150 g/mol. The normalized spacial score (nSPS) is 22.2. The number of amides is 17. The highest BCUT2D eigenvalue weighted by molar-refractivity contribution is 8.76. The van der Waals surface area contributed by atoms with Crippen LogP contribution in [0, 0.1) is 10.8 Å². The molecule has 0 saturated carbocycles. The third-order valence-corrected chi connectivity index (χ3v) is 27.3. The van der Waals surface area contributed by atoms with Crippen LogP contribution in [0.1, 0.15) is 125 Å². The van der Waals surface area contributed by atoms with Crippen molar-refractivity contribution >= 4 is 169 Å². The highest BCUT2D eigenvalue weighted by atomic mass is 33.1. The first-order valence-corrected chi connectivity index (χ1v) is 52.7. The van der Waals surface area contributed by atoms with Crippen molar-refractivity contribution in [2.24, 2.45) is 34.4 Å². The van der Waals surface area contributed by atoms with E-state index in [9.17, 15) is 73.5 Å². The van der Waals surface area contributed by atoms with Gasteiger partial charge in [0.2, 0.25) is 100 Å². The van der Waals surface area contributed by atoms with Gasteiger partial charge in [0.1, 0.15) is 96.7 Å². The third-order valence-electron chi connectivity index (χ3n) is 24.2. The van der Waals surface area contributed by atoms with E-state index < -0.39 is 283 Å². The molecule has 37 N–H and O–H groups in total. The standard InChI is InChI=1S/C96H139N27O24S3/c1-52(126)77-92(144)117-67(43-55-25-10-5-11-26-55)84(136)118-70(48-124)87(139)119-71(49-125)88(140)120-72(90(142)112-64(94(146)147)30-15-17-36-98)50-149-150-51-73(121-91(143)74-33-20-39-123(74)93(145)63(34-40-148-2)111-79(131)61(31-18-37-105-95(101)102)108-78(130)58(99)45-76(128)129)89(141)110-62(32-19-38-106-96(103)104)80(132)116-69(46-75(100)127)86(138)114-65(41-53-21-6-3-7-22-53)82(134)113-66(42-54-23-8-4-9-24-54)83(135)115-68(44-56-47-107-59-28-13-12-27-57(56)59)85(137)109-60(81(133)122-77)29-14-16-35-97/h3-13,21-28,47,52,58,60-74,77,107,124-126H,14-20,29-46,48-51,97-99H2,1-2H3,(H2,100,127)(H,108,130)(H,109,137)(H,110,141)(H,111,131)(H,112,142)(H,113,134)(H,114,138)(H,115,135)(H,116,132)(H,117,144)(H,118,136)(H,119,139)(H,120,140)(H,121,143)(H,122,133)(H,128,129)(H,146,147)(H4,101,102,105)(H4,103,104,106). The zero-order valence-corrected chi connectivity index (χ0v) is 85.5. The summed E-state index contributed by atoms with van der Waals surface area (Å²) in [6.07, 6.45) is -2.29. The van der Waals surface area contributed by atoms with Crippen LogP contribution in [0.25, 0.3) is 10.9 Å². The number of rotatable bonds is 44. The number of fused-ring (bicyclic) bond motifs is 1. The second-order valence-corrected chi connectivity index (χ2v) is 39.4. The number of nitrogens with two attached hydrogens (primary N) is 6. The molecule has 2 saturated heterocycles. The number of hydrogen-bond donors (Lipinski definition) is 31. The summed E-state index contributed by atoms with van der Waals surface area (Å²) in [4.78, 5) is 282. The monoisotopic (exact) mass is 2150 g/mol. The van der Waals surface area contributed by atoms with Gasteiger partial charge >= 0.3 is 11.9 Å². The molecule has 54 heteroatoms. The number of aromatic nitrogens is 1. The highest BCUT2D eigenvalue weighted by Gasteiger charge is 2.44. The van der Waals surface area contributed by atoms with Crippen molar-refractivity contribution in [3.05, 3.63) is 144 Å². The summed E-state index contributed by atoms with van der Waals surface area (Å²) in [5.41, 5.74) is 36.8. The molecule has 0 radical (unpaired) electrons. The van der Waals surface area contributed by atoms with Gasteiger partial charge < -0.3 is 160 Å². The van der Waals surface area contributed by atoms with Crippen LogP contribution in [0.3, 0.4) is 0 Å². The van der Waals surface area contributed by atoms with Gasteiger partial charge in [-0.05, 0) is 144 Å². The molecule has 5 aromatic rings. The fraction of sp³-hybridized carbons (Fsp3) is 0.510. The van der Waals surface area contributed by atoms with Gasteiger partial charge in [-0.25, -0.2) is 4.79 Å². The molecule has 2 fully saturated rings. The first-order chi connectivity index (χ1) is 71.6. The second-order valence-electron chi connectivity index (χ2n) is 35.9. The Labute approximate surface area is 876 Å². The number of carbonyl (C=O) groups is 19. The van der Waals surface area contributed by atoms with Crippen LogP contribution in [0.2, 0.25) is 0 Å². The Morgan fingerprint density at radius 1 is 0.487 bits per heavy atom. The molecule has 18 unspecified atom stereocenters. The van der Waals surface area contributed by atoms with Crippen LogP contribution in [-0.4, -0.2) is 338 Å². The van der Waals surface area contributed by atoms with E-state index in [2.05, 4.69) is 95.4 Å². The number of nitrogens with one attached hydrogen (secondary N) is 20. The Bertz CT molecular complexity index is 5420. The smallest absolute Gasteiger partial charge is 0.326 e. The summed E-state index contributed by atoms with van der Waals surface area (Å²) in [5.74, 6) is -24.5. The van der Waals surface area contributed by atoms with Crippen LogP contribution in [-0.2, 0) is 117 Å². The minimum atomic E-state index is -2.11. The minimum Gasteiger partial charge on any atom is -0.481 e. The minimum absolute atomic E-state index is 0.00960. The molecule has 2 aliphatic rings. The Hall–Kier alpha value is -14.3. The van der Waals surface area contributed by atoms with Gasteiger partial charge in [-0.3, -0.25) is 97.1 Å². The number of primary amides is 1. The Morgan fingerprint density at radius 3 is 1.45 bits per heavy atom. The lowest BCUT2D eigenvalue weighted by molar-refractivity contribution is -0.142. The van der Waals surface area contributed by atoms with Crippen LogP contribution in [0.4, 0.5) is 0 Å². The first kappa shape index (κ1) is 123. The van der Waals surface area contributed by atoms with E-state index >= 15 is 43.2 Å².